The largest absolute Gasteiger partial charge is 0.299 e. The van der Waals surface area contributed by atoms with Gasteiger partial charge in [0.15, 0.2) is 0 Å². The maximum Gasteiger partial charge on any atom is 0.146 e. The van der Waals surface area contributed by atoms with E-state index in [1.165, 1.54) is 6.42 Å². The van der Waals surface area contributed by atoms with Gasteiger partial charge >= 0.3 is 0 Å². The topological polar surface area (TPSA) is 17.1 Å². The van der Waals surface area contributed by atoms with E-state index in [0.717, 1.165) is 12.8 Å². The molecule has 0 aliphatic heterocycles. The molecule has 0 aromatic rings. The molecule has 0 N–H and O–H groups in total. The first-order valence-electron chi connectivity index (χ1n) is 3.71. The van der Waals surface area contributed by atoms with Gasteiger partial charge in [-0.2, -0.15) is 0 Å². The summed E-state index contributed by atoms with van der Waals surface area (Å²) in [6.07, 6.45) is 3.09. The molecule has 2 heteroatoms. The van der Waals surface area contributed by atoms with E-state index in [-0.39, 0.29) is 9.34 Å². The van der Waals surface area contributed by atoms with Gasteiger partial charge in [-0.25, -0.2) is 0 Å². The lowest BCUT2D eigenvalue weighted by Gasteiger charge is -2.33. The average molecular weight is 252 g/mol. The third-order valence-electron chi connectivity index (χ3n) is 2.21. The minimum absolute atomic E-state index is 0.246. The molecule has 1 fully saturated rings. The monoisotopic (exact) mass is 252 g/mol. The van der Waals surface area contributed by atoms with Crippen LogP contribution in [0, 0.1) is 5.41 Å². The Hall–Kier alpha value is 0.400. The Bertz CT molecular complexity index is 151. The molecule has 0 aromatic heterocycles. The summed E-state index contributed by atoms with van der Waals surface area (Å²) in [5, 5.41) is 0. The van der Waals surface area contributed by atoms with Gasteiger partial charge in [-0.05, 0) is 18.3 Å². The van der Waals surface area contributed by atoms with Crippen molar-refractivity contribution in [3.8, 4) is 0 Å². The fourth-order valence-electron chi connectivity index (χ4n) is 1.41. The number of carbonyl (C=O) groups is 1. The number of halogens is 1. The van der Waals surface area contributed by atoms with Gasteiger partial charge in [-0.3, -0.25) is 4.79 Å². The molecular weight excluding hydrogens is 239 g/mol. The van der Waals surface area contributed by atoms with E-state index >= 15 is 0 Å². The van der Waals surface area contributed by atoms with Crippen LogP contribution in [0.2, 0.25) is 0 Å². The maximum atomic E-state index is 11.2. The predicted molar refractivity (Wildman–Crippen MR) is 50.4 cm³/mol. The number of Topliss-reactive ketones (excluding diaryl/α,β-unsaturated/α-hetero) is 1. The first-order chi connectivity index (χ1) is 4.54. The summed E-state index contributed by atoms with van der Waals surface area (Å²) >= 11 is 2.28. The summed E-state index contributed by atoms with van der Waals surface area (Å²) in [6, 6.07) is 0. The van der Waals surface area contributed by atoms with Crippen molar-refractivity contribution in [3.05, 3.63) is 0 Å². The van der Waals surface area contributed by atoms with Crippen LogP contribution >= 0.6 is 22.6 Å². The Morgan fingerprint density at radius 2 is 2.20 bits per heavy atom. The van der Waals surface area contributed by atoms with Gasteiger partial charge < -0.3 is 0 Å². The first kappa shape index (κ1) is 8.50. The lowest BCUT2D eigenvalue weighted by atomic mass is 9.77. The van der Waals surface area contributed by atoms with Crippen molar-refractivity contribution in [1.82, 2.24) is 0 Å². The van der Waals surface area contributed by atoms with Crippen molar-refractivity contribution in [2.24, 2.45) is 5.41 Å². The van der Waals surface area contributed by atoms with Crippen molar-refractivity contribution in [2.75, 3.05) is 0 Å². The lowest BCUT2D eigenvalue weighted by molar-refractivity contribution is -0.121. The van der Waals surface area contributed by atoms with Crippen molar-refractivity contribution in [3.63, 3.8) is 0 Å². The standard InChI is InChI=1S/C8H13IO/c1-8(2)5-3-4-6(10)7(8)9/h7H,3-5H2,1-2H3/t7-/m0/s1. The van der Waals surface area contributed by atoms with Gasteiger partial charge in [0.1, 0.15) is 5.78 Å². The quantitative estimate of drug-likeness (QED) is 0.478. The summed E-state index contributed by atoms with van der Waals surface area (Å²) in [7, 11) is 0. The van der Waals surface area contributed by atoms with Crippen LogP contribution in [0.4, 0.5) is 0 Å². The molecule has 1 rings (SSSR count). The van der Waals surface area contributed by atoms with E-state index in [9.17, 15) is 4.79 Å². The molecule has 0 amide bonds. The highest BCUT2D eigenvalue weighted by Gasteiger charge is 2.35. The van der Waals surface area contributed by atoms with E-state index in [2.05, 4.69) is 36.4 Å². The highest BCUT2D eigenvalue weighted by Crippen LogP contribution is 2.38. The highest BCUT2D eigenvalue weighted by atomic mass is 127. The molecule has 10 heavy (non-hydrogen) atoms. The number of ketones is 1. The molecule has 0 spiro atoms. The molecular formula is C8H13IO. The van der Waals surface area contributed by atoms with Crippen LogP contribution in [-0.2, 0) is 4.79 Å². The summed E-state index contributed by atoms with van der Waals surface area (Å²) in [6.45, 7) is 4.36. The van der Waals surface area contributed by atoms with Gasteiger partial charge in [0.05, 0.1) is 3.92 Å². The van der Waals surface area contributed by atoms with Gasteiger partial charge in [0.2, 0.25) is 0 Å². The van der Waals surface area contributed by atoms with Crippen molar-refractivity contribution < 1.29 is 4.79 Å². The highest BCUT2D eigenvalue weighted by molar-refractivity contribution is 14.1. The van der Waals surface area contributed by atoms with Crippen LogP contribution in [0.3, 0.4) is 0 Å². The van der Waals surface area contributed by atoms with Gasteiger partial charge in [-0.1, -0.05) is 36.4 Å². The summed E-state index contributed by atoms with van der Waals surface area (Å²) < 4.78 is 0.249. The molecule has 0 heterocycles. The SMILES string of the molecule is CC1(C)CCCC(=O)[C@@H]1I. The van der Waals surface area contributed by atoms with Gasteiger partial charge in [-0.15, -0.1) is 0 Å². The smallest absolute Gasteiger partial charge is 0.146 e. The van der Waals surface area contributed by atoms with Crippen LogP contribution in [-0.4, -0.2) is 9.71 Å². The molecule has 58 valence electrons. The summed E-state index contributed by atoms with van der Waals surface area (Å²) in [5.41, 5.74) is 0.246. The number of carbonyl (C=O) groups excluding carboxylic acids is 1. The second-order valence-corrected chi connectivity index (χ2v) is 4.92. The van der Waals surface area contributed by atoms with Crippen molar-refractivity contribution in [2.45, 2.75) is 37.0 Å². The van der Waals surface area contributed by atoms with Crippen LogP contribution in [0.5, 0.6) is 0 Å². The normalized spacial score (nSPS) is 32.3. The number of rotatable bonds is 0. The fourth-order valence-corrected chi connectivity index (χ4v) is 2.03. The van der Waals surface area contributed by atoms with Gasteiger partial charge in [0, 0.05) is 6.42 Å². The van der Waals surface area contributed by atoms with Gasteiger partial charge in [0.25, 0.3) is 0 Å². The number of hydrogen-bond acceptors (Lipinski definition) is 1. The van der Waals surface area contributed by atoms with E-state index in [1.54, 1.807) is 0 Å². The van der Waals surface area contributed by atoms with Crippen molar-refractivity contribution in [1.29, 1.82) is 0 Å². The second-order valence-electron chi connectivity index (χ2n) is 3.67. The minimum atomic E-state index is 0.246. The van der Waals surface area contributed by atoms with Crippen LogP contribution in [0.1, 0.15) is 33.1 Å². The zero-order valence-corrected chi connectivity index (χ0v) is 8.64. The number of alkyl halides is 1. The number of hydrogen-bond donors (Lipinski definition) is 0. The molecule has 0 radical (unpaired) electrons. The summed E-state index contributed by atoms with van der Waals surface area (Å²) in [5.74, 6) is 0.442. The minimum Gasteiger partial charge on any atom is -0.299 e. The third-order valence-corrected chi connectivity index (χ3v) is 4.59. The second kappa shape index (κ2) is 2.80. The van der Waals surface area contributed by atoms with E-state index in [0.29, 0.717) is 5.78 Å². The Labute approximate surface area is 75.7 Å². The van der Waals surface area contributed by atoms with Crippen LogP contribution in [0.15, 0.2) is 0 Å². The van der Waals surface area contributed by atoms with E-state index in [1.807, 2.05) is 0 Å². The van der Waals surface area contributed by atoms with Crippen LogP contribution < -0.4 is 0 Å². The molecule has 0 saturated heterocycles. The molecule has 1 atom stereocenters. The molecule has 1 saturated carbocycles. The zero-order chi connectivity index (χ0) is 7.78. The molecule has 1 nitrogen and oxygen atoms in total. The van der Waals surface area contributed by atoms with Crippen LogP contribution in [0.25, 0.3) is 0 Å². The molecule has 0 aromatic carbocycles. The fraction of sp³-hybridized carbons (Fsp3) is 0.875. The maximum absolute atomic E-state index is 11.2. The predicted octanol–water partition coefficient (Wildman–Crippen LogP) is 2.57. The molecule has 1 aliphatic carbocycles. The van der Waals surface area contributed by atoms with E-state index < -0.39 is 0 Å². The molecule has 0 bridgehead atoms. The Morgan fingerprint density at radius 3 is 2.60 bits per heavy atom. The summed E-state index contributed by atoms with van der Waals surface area (Å²) in [4.78, 5) is 11.2. The molecule has 0 unspecified atom stereocenters. The Kier molecular flexibility index (Phi) is 2.38. The zero-order valence-electron chi connectivity index (χ0n) is 6.48. The Morgan fingerprint density at radius 1 is 1.60 bits per heavy atom. The lowest BCUT2D eigenvalue weighted by Crippen LogP contribution is -2.35. The molecule has 1 aliphatic rings. The Balaban J connectivity index is 2.69. The first-order valence-corrected chi connectivity index (χ1v) is 4.95. The van der Waals surface area contributed by atoms with Crippen molar-refractivity contribution >= 4 is 28.4 Å². The van der Waals surface area contributed by atoms with E-state index in [4.69, 9.17) is 0 Å². The third kappa shape index (κ3) is 1.52. The average Bonchev–Trinajstić information content (AvgIpc) is 1.83.